The van der Waals surface area contributed by atoms with Gasteiger partial charge in [0.25, 0.3) is 0 Å². The fourth-order valence-electron chi connectivity index (χ4n) is 3.64. The molecule has 0 unspecified atom stereocenters. The van der Waals surface area contributed by atoms with Gasteiger partial charge in [-0.3, -0.25) is 9.79 Å². The van der Waals surface area contributed by atoms with Crippen molar-refractivity contribution in [2.24, 2.45) is 9.98 Å². The van der Waals surface area contributed by atoms with Crippen LogP contribution in [0.5, 0.6) is 5.75 Å². The summed E-state index contributed by atoms with van der Waals surface area (Å²) in [5, 5.41) is 3.77. The lowest BCUT2D eigenvalue weighted by Crippen LogP contribution is -2.43. The quantitative estimate of drug-likeness (QED) is 0.435. The summed E-state index contributed by atoms with van der Waals surface area (Å²) >= 11 is 1.41. The molecule has 32 heavy (non-hydrogen) atoms. The Kier molecular flexibility index (Phi) is 6.91. The Morgan fingerprint density at radius 2 is 1.94 bits per heavy atom. The Hall–Kier alpha value is -3.52. The van der Waals surface area contributed by atoms with Crippen LogP contribution in [0.15, 0.2) is 70.6 Å². The molecular formula is C24H25N5O2S. The van der Waals surface area contributed by atoms with Crippen molar-refractivity contribution in [1.29, 1.82) is 0 Å². The molecule has 0 spiro atoms. The van der Waals surface area contributed by atoms with Crippen LogP contribution in [0.4, 0.5) is 10.9 Å². The van der Waals surface area contributed by atoms with Gasteiger partial charge in [0, 0.05) is 20.1 Å². The van der Waals surface area contributed by atoms with Crippen molar-refractivity contribution in [3.05, 3.63) is 71.1 Å². The van der Waals surface area contributed by atoms with E-state index in [-0.39, 0.29) is 11.9 Å². The minimum absolute atomic E-state index is 0.00105. The molecule has 0 radical (unpaired) electrons. The van der Waals surface area contributed by atoms with Crippen LogP contribution in [0, 0.1) is 0 Å². The van der Waals surface area contributed by atoms with E-state index in [2.05, 4.69) is 27.0 Å². The van der Waals surface area contributed by atoms with Crippen molar-refractivity contribution in [3.8, 4) is 5.75 Å². The Morgan fingerprint density at radius 3 is 2.62 bits per heavy atom. The van der Waals surface area contributed by atoms with Crippen LogP contribution >= 0.6 is 11.3 Å². The maximum absolute atomic E-state index is 12.9. The van der Waals surface area contributed by atoms with E-state index in [0.29, 0.717) is 28.9 Å². The summed E-state index contributed by atoms with van der Waals surface area (Å²) in [5.41, 5.74) is 1.07. The van der Waals surface area contributed by atoms with Crippen molar-refractivity contribution in [3.63, 3.8) is 0 Å². The molecule has 7 nitrogen and oxygen atoms in total. The second-order valence-electron chi connectivity index (χ2n) is 7.31. The molecular weight excluding hydrogens is 422 g/mol. The van der Waals surface area contributed by atoms with Gasteiger partial charge < -0.3 is 15.0 Å². The van der Waals surface area contributed by atoms with Gasteiger partial charge in [0.05, 0.1) is 0 Å². The van der Waals surface area contributed by atoms with Crippen LogP contribution in [-0.4, -0.2) is 43.1 Å². The number of carbonyl (C=O) groups excluding carboxylic acids is 1. The van der Waals surface area contributed by atoms with Crippen LogP contribution in [0.3, 0.4) is 0 Å². The van der Waals surface area contributed by atoms with E-state index in [9.17, 15) is 4.79 Å². The number of anilines is 1. The van der Waals surface area contributed by atoms with Gasteiger partial charge in [0.2, 0.25) is 11.8 Å². The van der Waals surface area contributed by atoms with Crippen LogP contribution < -0.4 is 15.0 Å². The molecule has 0 bridgehead atoms. The van der Waals surface area contributed by atoms with Crippen LogP contribution in [-0.2, 0) is 11.3 Å². The SMILES string of the molecule is C=Nc1nc(N2CCC[C@@H]2C(=O)NCc2ccccc2)sc1/C(=N\C)Oc1ccccc1. The first kappa shape index (κ1) is 21.7. The van der Waals surface area contributed by atoms with Gasteiger partial charge in [-0.15, -0.1) is 0 Å². The number of hydrogen-bond donors (Lipinski definition) is 1. The first-order valence-electron chi connectivity index (χ1n) is 10.5. The van der Waals surface area contributed by atoms with Gasteiger partial charge in [-0.25, -0.2) is 4.99 Å². The Bertz CT molecular complexity index is 1100. The lowest BCUT2D eigenvalue weighted by Gasteiger charge is -2.23. The zero-order chi connectivity index (χ0) is 22.3. The number of amides is 1. The van der Waals surface area contributed by atoms with E-state index >= 15 is 0 Å². The van der Waals surface area contributed by atoms with Crippen molar-refractivity contribution in [2.45, 2.75) is 25.4 Å². The number of para-hydroxylation sites is 1. The third kappa shape index (κ3) is 4.86. The molecule has 3 aromatic rings. The summed E-state index contributed by atoms with van der Waals surface area (Å²) in [6, 6.07) is 19.1. The second kappa shape index (κ2) is 10.2. The van der Waals surface area contributed by atoms with Crippen LogP contribution in [0.25, 0.3) is 0 Å². The smallest absolute Gasteiger partial charge is 0.243 e. The average molecular weight is 448 g/mol. The predicted molar refractivity (Wildman–Crippen MR) is 130 cm³/mol. The lowest BCUT2D eigenvalue weighted by atomic mass is 10.2. The Morgan fingerprint density at radius 1 is 1.22 bits per heavy atom. The van der Waals surface area contributed by atoms with E-state index in [1.807, 2.05) is 65.6 Å². The number of nitrogens with zero attached hydrogens (tertiary/aromatic N) is 4. The summed E-state index contributed by atoms with van der Waals surface area (Å²) in [6.45, 7) is 4.92. The number of rotatable bonds is 7. The van der Waals surface area contributed by atoms with Gasteiger partial charge in [0.1, 0.15) is 16.7 Å². The topological polar surface area (TPSA) is 79.2 Å². The monoisotopic (exact) mass is 447 g/mol. The van der Waals surface area contributed by atoms with Crippen molar-refractivity contribution in [2.75, 3.05) is 18.5 Å². The van der Waals surface area contributed by atoms with E-state index in [4.69, 9.17) is 4.74 Å². The second-order valence-corrected chi connectivity index (χ2v) is 8.28. The average Bonchev–Trinajstić information content (AvgIpc) is 3.49. The predicted octanol–water partition coefficient (Wildman–Crippen LogP) is 4.22. The first-order chi connectivity index (χ1) is 15.7. The van der Waals surface area contributed by atoms with Gasteiger partial charge in [-0.05, 0) is 37.3 Å². The zero-order valence-electron chi connectivity index (χ0n) is 17.9. The van der Waals surface area contributed by atoms with Crippen molar-refractivity contribution < 1.29 is 9.53 Å². The van der Waals surface area contributed by atoms with E-state index in [1.165, 1.54) is 11.3 Å². The Balaban J connectivity index is 1.51. The molecule has 1 N–H and O–H groups in total. The van der Waals surface area contributed by atoms with Gasteiger partial charge in [0.15, 0.2) is 10.9 Å². The van der Waals surface area contributed by atoms with Crippen LogP contribution in [0.1, 0.15) is 23.3 Å². The molecule has 1 aliphatic heterocycles. The third-order valence-electron chi connectivity index (χ3n) is 5.21. The van der Waals surface area contributed by atoms with E-state index in [1.54, 1.807) is 7.05 Å². The maximum Gasteiger partial charge on any atom is 0.243 e. The standard InChI is InChI=1S/C24H25N5O2S/c1-25-21-20(23(26-2)31-18-12-7-4-8-13-18)32-24(28-21)29-15-9-14-19(29)22(30)27-16-17-10-5-3-6-11-17/h3-8,10-13,19H,1,9,14-16H2,2H3,(H,27,30)/b26-23+/t19-/m1/s1. The van der Waals surface area contributed by atoms with E-state index in [0.717, 1.165) is 30.1 Å². The van der Waals surface area contributed by atoms with Crippen molar-refractivity contribution >= 4 is 40.8 Å². The summed E-state index contributed by atoms with van der Waals surface area (Å²) in [5.74, 6) is 1.56. The molecule has 2 heterocycles. The maximum atomic E-state index is 12.9. The zero-order valence-corrected chi connectivity index (χ0v) is 18.7. The lowest BCUT2D eigenvalue weighted by molar-refractivity contribution is -0.122. The summed E-state index contributed by atoms with van der Waals surface area (Å²) in [7, 11) is 1.67. The number of aliphatic imine (C=N–C) groups is 2. The molecule has 0 aliphatic carbocycles. The molecule has 1 aromatic heterocycles. The minimum atomic E-state index is -0.271. The number of nitrogens with one attached hydrogen (secondary N) is 1. The van der Waals surface area contributed by atoms with Crippen molar-refractivity contribution in [1.82, 2.24) is 10.3 Å². The number of thiazole rings is 1. The molecule has 0 saturated carbocycles. The fourth-order valence-corrected chi connectivity index (χ4v) is 4.71. The Labute approximate surface area is 191 Å². The fraction of sp³-hybridized carbons (Fsp3) is 0.250. The molecule has 1 saturated heterocycles. The van der Waals surface area contributed by atoms with Gasteiger partial charge >= 0.3 is 0 Å². The van der Waals surface area contributed by atoms with E-state index < -0.39 is 0 Å². The number of benzene rings is 2. The summed E-state index contributed by atoms with van der Waals surface area (Å²) < 4.78 is 5.96. The largest absolute Gasteiger partial charge is 0.438 e. The molecule has 1 fully saturated rings. The number of carbonyl (C=O) groups is 1. The normalized spacial score (nSPS) is 16.1. The highest BCUT2D eigenvalue weighted by atomic mass is 32.1. The van der Waals surface area contributed by atoms with Gasteiger partial charge in [-0.1, -0.05) is 59.9 Å². The minimum Gasteiger partial charge on any atom is -0.438 e. The van der Waals surface area contributed by atoms with Crippen LogP contribution in [0.2, 0.25) is 0 Å². The first-order valence-corrected chi connectivity index (χ1v) is 11.3. The molecule has 2 aromatic carbocycles. The highest BCUT2D eigenvalue weighted by Gasteiger charge is 2.33. The number of hydrogen-bond acceptors (Lipinski definition) is 7. The third-order valence-corrected chi connectivity index (χ3v) is 6.28. The molecule has 8 heteroatoms. The summed E-state index contributed by atoms with van der Waals surface area (Å²) in [4.78, 5) is 28.7. The highest BCUT2D eigenvalue weighted by Crippen LogP contribution is 2.36. The molecule has 4 rings (SSSR count). The number of aromatic nitrogens is 1. The molecule has 164 valence electrons. The van der Waals surface area contributed by atoms with Gasteiger partial charge in [-0.2, -0.15) is 4.98 Å². The highest BCUT2D eigenvalue weighted by molar-refractivity contribution is 7.18. The molecule has 1 atom stereocenters. The molecule has 1 aliphatic rings. The number of ether oxygens (including phenoxy) is 1. The summed E-state index contributed by atoms with van der Waals surface area (Å²) in [6.07, 6.45) is 1.70. The molecule has 1 amide bonds.